The number of amides is 2. The van der Waals surface area contributed by atoms with Crippen molar-refractivity contribution in [3.63, 3.8) is 0 Å². The summed E-state index contributed by atoms with van der Waals surface area (Å²) in [5.41, 5.74) is 2.68. The molecule has 3 heterocycles. The Kier molecular flexibility index (Phi) is 7.28. The number of carbonyl (C=O) groups excluding carboxylic acids is 2. The molecule has 184 valence electrons. The van der Waals surface area contributed by atoms with Crippen molar-refractivity contribution < 1.29 is 14.0 Å². The van der Waals surface area contributed by atoms with Crippen LogP contribution in [0, 0.1) is 0 Å². The molecule has 5 rings (SSSR count). The van der Waals surface area contributed by atoms with Crippen LogP contribution in [0.5, 0.6) is 0 Å². The Balaban J connectivity index is 1.43. The minimum absolute atomic E-state index is 0.0143. The van der Waals surface area contributed by atoms with E-state index in [9.17, 15) is 9.59 Å². The molecule has 0 fully saturated rings. The van der Waals surface area contributed by atoms with Crippen LogP contribution in [0.2, 0.25) is 0 Å². The van der Waals surface area contributed by atoms with Crippen molar-refractivity contribution in [1.82, 2.24) is 9.47 Å². The highest BCUT2D eigenvalue weighted by molar-refractivity contribution is 8.00. The molecule has 1 atom stereocenters. The van der Waals surface area contributed by atoms with Gasteiger partial charge in [-0.1, -0.05) is 43.7 Å². The number of benzene rings is 2. The number of nitrogens with zero attached hydrogens (tertiary/aromatic N) is 3. The Labute approximate surface area is 215 Å². The van der Waals surface area contributed by atoms with Gasteiger partial charge >= 0.3 is 0 Å². The highest BCUT2D eigenvalue weighted by atomic mass is 32.2. The normalized spacial score (nSPS) is 14.2. The second-order valence-electron chi connectivity index (χ2n) is 8.74. The molecule has 0 saturated carbocycles. The Hall–Kier alpha value is -3.71. The maximum atomic E-state index is 14.0. The van der Waals surface area contributed by atoms with Crippen LogP contribution in [-0.2, 0) is 9.59 Å². The van der Waals surface area contributed by atoms with E-state index >= 15 is 0 Å². The monoisotopic (exact) mass is 499 g/mol. The van der Waals surface area contributed by atoms with E-state index in [2.05, 4.69) is 11.5 Å². The minimum Gasteiger partial charge on any atom is -0.467 e. The third-order valence-corrected chi connectivity index (χ3v) is 7.36. The first-order valence-corrected chi connectivity index (χ1v) is 13.2. The molecular formula is C29H29N3O3S. The molecular weight excluding hydrogens is 470 g/mol. The third kappa shape index (κ3) is 4.84. The van der Waals surface area contributed by atoms with Gasteiger partial charge in [-0.05, 0) is 55.0 Å². The minimum atomic E-state index is -0.417. The van der Waals surface area contributed by atoms with Crippen molar-refractivity contribution in [3.8, 4) is 5.69 Å². The van der Waals surface area contributed by atoms with Gasteiger partial charge in [-0.15, -0.1) is 11.8 Å². The van der Waals surface area contributed by atoms with Crippen molar-refractivity contribution in [2.24, 2.45) is 0 Å². The van der Waals surface area contributed by atoms with Crippen LogP contribution in [0.15, 0.2) is 101 Å². The number of aromatic nitrogens is 1. The number of hydrogen-bond acceptors (Lipinski definition) is 4. The average Bonchev–Trinajstić information content (AvgIpc) is 3.62. The predicted molar refractivity (Wildman–Crippen MR) is 142 cm³/mol. The van der Waals surface area contributed by atoms with Gasteiger partial charge in [0.05, 0.1) is 29.1 Å². The van der Waals surface area contributed by atoms with Crippen molar-refractivity contribution >= 4 is 29.3 Å². The van der Waals surface area contributed by atoms with Crippen LogP contribution in [0.4, 0.5) is 5.69 Å². The SMILES string of the molecule is CCCCN(CC(=O)N1c2ccccc2-n2cccc2C1c1ccco1)C(=O)CSc1ccccc1. The molecule has 1 aliphatic rings. The van der Waals surface area contributed by atoms with Gasteiger partial charge in [0.2, 0.25) is 11.8 Å². The number of anilines is 1. The molecule has 0 radical (unpaired) electrons. The molecule has 4 aromatic rings. The van der Waals surface area contributed by atoms with E-state index in [0.717, 1.165) is 34.8 Å². The first-order chi connectivity index (χ1) is 17.7. The first-order valence-electron chi connectivity index (χ1n) is 12.2. The summed E-state index contributed by atoms with van der Waals surface area (Å²) in [5.74, 6) is 0.811. The molecule has 2 amide bonds. The topological polar surface area (TPSA) is 58.7 Å². The number of para-hydroxylation sites is 2. The molecule has 2 aromatic heterocycles. The standard InChI is InChI=1S/C29H29N3O3S/c1-2-3-17-30(28(34)21-36-22-11-5-4-6-12-22)20-27(33)32-24-14-8-7-13-23(24)31-18-9-15-25(31)29(32)26-16-10-19-35-26/h4-16,18-19,29H,2-3,17,20-21H2,1H3. The average molecular weight is 500 g/mol. The molecule has 0 aliphatic carbocycles. The van der Waals surface area contributed by atoms with E-state index in [1.165, 1.54) is 11.8 Å². The summed E-state index contributed by atoms with van der Waals surface area (Å²) in [5, 5.41) is 0. The largest absolute Gasteiger partial charge is 0.467 e. The Morgan fingerprint density at radius 2 is 1.72 bits per heavy atom. The molecule has 36 heavy (non-hydrogen) atoms. The van der Waals surface area contributed by atoms with Crippen LogP contribution in [0.1, 0.15) is 37.3 Å². The fraction of sp³-hybridized carbons (Fsp3) is 0.241. The lowest BCUT2D eigenvalue weighted by Gasteiger charge is -2.38. The second-order valence-corrected chi connectivity index (χ2v) is 9.79. The summed E-state index contributed by atoms with van der Waals surface area (Å²) in [6, 6.07) is 25.0. The fourth-order valence-corrected chi connectivity index (χ4v) is 5.43. The first kappa shape index (κ1) is 24.0. The summed E-state index contributed by atoms with van der Waals surface area (Å²) >= 11 is 1.50. The van der Waals surface area contributed by atoms with E-state index < -0.39 is 6.04 Å². The quantitative estimate of drug-likeness (QED) is 0.268. The second kappa shape index (κ2) is 10.9. The third-order valence-electron chi connectivity index (χ3n) is 6.37. The molecule has 0 bridgehead atoms. The van der Waals surface area contributed by atoms with Gasteiger partial charge in [-0.2, -0.15) is 0 Å². The van der Waals surface area contributed by atoms with Gasteiger partial charge < -0.3 is 13.9 Å². The molecule has 7 heteroatoms. The van der Waals surface area contributed by atoms with Gasteiger partial charge in [-0.25, -0.2) is 0 Å². The zero-order valence-corrected chi connectivity index (χ0v) is 21.1. The van der Waals surface area contributed by atoms with E-state index in [0.29, 0.717) is 18.1 Å². The van der Waals surface area contributed by atoms with Gasteiger partial charge in [-0.3, -0.25) is 14.5 Å². The smallest absolute Gasteiger partial charge is 0.247 e. The van der Waals surface area contributed by atoms with Crippen molar-refractivity contribution in [3.05, 3.63) is 103 Å². The van der Waals surface area contributed by atoms with Crippen LogP contribution >= 0.6 is 11.8 Å². The van der Waals surface area contributed by atoms with Crippen molar-refractivity contribution in [2.75, 3.05) is 23.7 Å². The highest BCUT2D eigenvalue weighted by Crippen LogP contribution is 2.42. The van der Waals surface area contributed by atoms with E-state index in [4.69, 9.17) is 4.42 Å². The molecule has 6 nitrogen and oxygen atoms in total. The summed E-state index contributed by atoms with van der Waals surface area (Å²) in [4.78, 5) is 31.8. The van der Waals surface area contributed by atoms with E-state index in [-0.39, 0.29) is 18.4 Å². The molecule has 2 aromatic carbocycles. The van der Waals surface area contributed by atoms with Gasteiger partial charge in [0, 0.05) is 17.6 Å². The molecule has 1 aliphatic heterocycles. The van der Waals surface area contributed by atoms with Gasteiger partial charge in [0.1, 0.15) is 18.3 Å². The van der Waals surface area contributed by atoms with Crippen LogP contribution < -0.4 is 4.90 Å². The molecule has 1 unspecified atom stereocenters. The maximum Gasteiger partial charge on any atom is 0.247 e. The van der Waals surface area contributed by atoms with E-state index in [1.807, 2.05) is 85.1 Å². The Bertz CT molecular complexity index is 1320. The number of thioether (sulfide) groups is 1. The predicted octanol–water partition coefficient (Wildman–Crippen LogP) is 5.93. The highest BCUT2D eigenvalue weighted by Gasteiger charge is 2.38. The van der Waals surface area contributed by atoms with Crippen LogP contribution in [0.3, 0.4) is 0 Å². The number of rotatable bonds is 9. The van der Waals surface area contributed by atoms with Gasteiger partial charge in [0.15, 0.2) is 0 Å². The summed E-state index contributed by atoms with van der Waals surface area (Å²) < 4.78 is 7.91. The zero-order valence-electron chi connectivity index (χ0n) is 20.2. The Morgan fingerprint density at radius 3 is 2.47 bits per heavy atom. The number of hydrogen-bond donors (Lipinski definition) is 0. The van der Waals surface area contributed by atoms with Gasteiger partial charge in [0.25, 0.3) is 0 Å². The fourth-order valence-electron chi connectivity index (χ4n) is 4.61. The van der Waals surface area contributed by atoms with Crippen LogP contribution in [-0.4, -0.2) is 40.1 Å². The summed E-state index contributed by atoms with van der Waals surface area (Å²) in [6.45, 7) is 2.65. The summed E-state index contributed by atoms with van der Waals surface area (Å²) in [6.07, 6.45) is 5.42. The number of fused-ring (bicyclic) bond motifs is 3. The van der Waals surface area contributed by atoms with Crippen LogP contribution in [0.25, 0.3) is 5.69 Å². The Morgan fingerprint density at radius 1 is 0.944 bits per heavy atom. The number of unbranched alkanes of at least 4 members (excludes halogenated alkanes) is 1. The maximum absolute atomic E-state index is 14.0. The molecule has 0 N–H and O–H groups in total. The summed E-state index contributed by atoms with van der Waals surface area (Å²) in [7, 11) is 0. The number of furan rings is 1. The van der Waals surface area contributed by atoms with E-state index in [1.54, 1.807) is 16.1 Å². The molecule has 0 spiro atoms. The lowest BCUT2D eigenvalue weighted by atomic mass is 10.0. The van der Waals surface area contributed by atoms with Crippen molar-refractivity contribution in [1.29, 1.82) is 0 Å². The zero-order chi connectivity index (χ0) is 24.9. The number of carbonyl (C=O) groups is 2. The lowest BCUT2D eigenvalue weighted by molar-refractivity contribution is -0.133. The lowest BCUT2D eigenvalue weighted by Crippen LogP contribution is -2.47. The molecule has 0 saturated heterocycles. The van der Waals surface area contributed by atoms with Crippen molar-refractivity contribution in [2.45, 2.75) is 30.7 Å².